The topological polar surface area (TPSA) is 85.2 Å². The minimum Gasteiger partial charge on any atom is -0.467 e. The molecule has 0 aliphatic rings. The summed E-state index contributed by atoms with van der Waals surface area (Å²) in [6.07, 6.45) is 3.56. The minimum atomic E-state index is -0.662. The van der Waals surface area contributed by atoms with Crippen LogP contribution in [0.4, 0.5) is 0 Å². The molecular formula is C11H18N4O3. The molecule has 0 radical (unpaired) electrons. The number of nitrogens with zero attached hydrogens (tertiary/aromatic N) is 2. The van der Waals surface area contributed by atoms with Crippen LogP contribution in [0.25, 0.3) is 0 Å². The van der Waals surface area contributed by atoms with Gasteiger partial charge in [0.05, 0.1) is 13.7 Å². The summed E-state index contributed by atoms with van der Waals surface area (Å²) in [7, 11) is 1.29. The Kier molecular flexibility index (Phi) is 5.86. The zero-order valence-electron chi connectivity index (χ0n) is 10.5. The van der Waals surface area contributed by atoms with Crippen molar-refractivity contribution in [3.8, 4) is 0 Å². The molecule has 0 aromatic carbocycles. The number of hydrogen-bond donors (Lipinski definition) is 2. The van der Waals surface area contributed by atoms with Crippen molar-refractivity contribution in [3.63, 3.8) is 0 Å². The molecule has 0 aliphatic heterocycles. The van der Waals surface area contributed by atoms with Gasteiger partial charge in [0.25, 0.3) is 0 Å². The highest BCUT2D eigenvalue weighted by Crippen LogP contribution is 1.88. The number of amides is 1. The Morgan fingerprint density at radius 2 is 2.28 bits per heavy atom. The third kappa shape index (κ3) is 4.96. The maximum Gasteiger partial charge on any atom is 0.329 e. The molecule has 100 valence electrons. The van der Waals surface area contributed by atoms with Gasteiger partial charge in [-0.15, -0.1) is 0 Å². The molecule has 1 rings (SSSR count). The van der Waals surface area contributed by atoms with Crippen LogP contribution in [0.3, 0.4) is 0 Å². The van der Waals surface area contributed by atoms with Crippen molar-refractivity contribution >= 4 is 11.9 Å². The number of carbonyl (C=O) groups is 2. The fraction of sp³-hybridized carbons (Fsp3) is 0.545. The highest BCUT2D eigenvalue weighted by molar-refractivity contribution is 5.83. The summed E-state index contributed by atoms with van der Waals surface area (Å²) in [5.41, 5.74) is 0. The van der Waals surface area contributed by atoms with Crippen LogP contribution in [0, 0.1) is 0 Å². The number of hydrogen-bond acceptors (Lipinski definition) is 5. The van der Waals surface area contributed by atoms with Gasteiger partial charge in [0.1, 0.15) is 6.04 Å². The number of aromatic nitrogens is 2. The van der Waals surface area contributed by atoms with Crippen LogP contribution in [-0.4, -0.2) is 47.9 Å². The van der Waals surface area contributed by atoms with E-state index in [0.717, 1.165) is 0 Å². The first-order chi connectivity index (χ1) is 8.63. The third-order valence-electron chi connectivity index (χ3n) is 2.29. The van der Waals surface area contributed by atoms with Gasteiger partial charge < -0.3 is 15.4 Å². The molecular weight excluding hydrogens is 236 g/mol. The van der Waals surface area contributed by atoms with Crippen LogP contribution in [0.1, 0.15) is 6.92 Å². The van der Waals surface area contributed by atoms with Crippen molar-refractivity contribution in [1.29, 1.82) is 0 Å². The van der Waals surface area contributed by atoms with Gasteiger partial charge in [-0.1, -0.05) is 0 Å². The minimum absolute atomic E-state index is 0.265. The average Bonchev–Trinajstić information content (AvgIpc) is 2.84. The first-order valence-electron chi connectivity index (χ1n) is 5.66. The largest absolute Gasteiger partial charge is 0.467 e. The molecule has 0 bridgehead atoms. The molecule has 0 spiro atoms. The van der Waals surface area contributed by atoms with E-state index in [1.165, 1.54) is 14.0 Å². The maximum absolute atomic E-state index is 11.4. The smallest absolute Gasteiger partial charge is 0.329 e. The predicted octanol–water partition coefficient (Wildman–Crippen LogP) is -0.850. The van der Waals surface area contributed by atoms with Crippen LogP contribution in [-0.2, 0) is 20.9 Å². The summed E-state index contributed by atoms with van der Waals surface area (Å²) in [6.45, 7) is 3.03. The van der Waals surface area contributed by atoms with E-state index in [-0.39, 0.29) is 5.91 Å². The molecule has 1 heterocycles. The molecule has 1 aromatic rings. The van der Waals surface area contributed by atoms with Gasteiger partial charge in [0, 0.05) is 32.4 Å². The van der Waals surface area contributed by atoms with E-state index in [9.17, 15) is 9.59 Å². The predicted molar refractivity (Wildman–Crippen MR) is 64.7 cm³/mol. The molecule has 1 atom stereocenters. The van der Waals surface area contributed by atoms with Crippen LogP contribution < -0.4 is 10.6 Å². The SMILES string of the molecule is COC(=O)C(CNCCn1cccn1)NC(C)=O. The normalized spacial score (nSPS) is 11.9. The van der Waals surface area contributed by atoms with Crippen LogP contribution in [0.15, 0.2) is 18.5 Å². The Labute approximate surface area is 105 Å². The van der Waals surface area contributed by atoms with Gasteiger partial charge in [-0.3, -0.25) is 9.48 Å². The maximum atomic E-state index is 11.4. The fourth-order valence-corrected chi connectivity index (χ4v) is 1.45. The molecule has 2 N–H and O–H groups in total. The molecule has 1 unspecified atom stereocenters. The van der Waals surface area contributed by atoms with Gasteiger partial charge in [0.2, 0.25) is 5.91 Å². The summed E-state index contributed by atoms with van der Waals surface area (Å²) in [6, 6.07) is 1.18. The summed E-state index contributed by atoms with van der Waals surface area (Å²) >= 11 is 0. The highest BCUT2D eigenvalue weighted by Gasteiger charge is 2.19. The second kappa shape index (κ2) is 7.44. The molecule has 7 nitrogen and oxygen atoms in total. The molecule has 7 heteroatoms. The second-order valence-corrected chi connectivity index (χ2v) is 3.75. The van der Waals surface area contributed by atoms with E-state index < -0.39 is 12.0 Å². The summed E-state index contributed by atoms with van der Waals surface area (Å²) in [4.78, 5) is 22.3. The zero-order chi connectivity index (χ0) is 13.4. The van der Waals surface area contributed by atoms with Crippen LogP contribution in [0.2, 0.25) is 0 Å². The van der Waals surface area contributed by atoms with Crippen molar-refractivity contribution in [2.24, 2.45) is 0 Å². The van der Waals surface area contributed by atoms with Gasteiger partial charge in [-0.25, -0.2) is 4.79 Å². The molecule has 18 heavy (non-hydrogen) atoms. The number of ether oxygens (including phenoxy) is 1. The van der Waals surface area contributed by atoms with E-state index in [0.29, 0.717) is 19.6 Å². The molecule has 1 aromatic heterocycles. The molecule has 0 saturated heterocycles. The Hall–Kier alpha value is -1.89. The first kappa shape index (κ1) is 14.2. The zero-order valence-corrected chi connectivity index (χ0v) is 10.5. The lowest BCUT2D eigenvalue weighted by Gasteiger charge is -2.16. The third-order valence-corrected chi connectivity index (χ3v) is 2.29. The van der Waals surface area contributed by atoms with Crippen molar-refractivity contribution in [3.05, 3.63) is 18.5 Å². The van der Waals surface area contributed by atoms with Crippen molar-refractivity contribution < 1.29 is 14.3 Å². The molecule has 0 saturated carbocycles. The van der Waals surface area contributed by atoms with Crippen LogP contribution >= 0.6 is 0 Å². The lowest BCUT2D eigenvalue weighted by Crippen LogP contribution is -2.47. The number of nitrogens with one attached hydrogen (secondary N) is 2. The first-order valence-corrected chi connectivity index (χ1v) is 5.66. The van der Waals surface area contributed by atoms with Gasteiger partial charge in [-0.05, 0) is 6.07 Å². The summed E-state index contributed by atoms with van der Waals surface area (Å²) in [5, 5.41) is 9.64. The van der Waals surface area contributed by atoms with E-state index in [1.54, 1.807) is 10.9 Å². The standard InChI is InChI=1S/C11H18N4O3/c1-9(16)14-10(11(17)18-2)8-12-5-7-15-6-3-4-13-15/h3-4,6,10,12H,5,7-8H2,1-2H3,(H,14,16). The number of esters is 1. The Morgan fingerprint density at radius 3 is 2.83 bits per heavy atom. The highest BCUT2D eigenvalue weighted by atomic mass is 16.5. The number of methoxy groups -OCH3 is 1. The fourth-order valence-electron chi connectivity index (χ4n) is 1.45. The van der Waals surface area contributed by atoms with Gasteiger partial charge in [0.15, 0.2) is 0 Å². The number of rotatable bonds is 7. The van der Waals surface area contributed by atoms with E-state index in [1.807, 2.05) is 12.3 Å². The lowest BCUT2D eigenvalue weighted by molar-refractivity contribution is -0.144. The van der Waals surface area contributed by atoms with Crippen molar-refractivity contribution in [1.82, 2.24) is 20.4 Å². The molecule has 0 fully saturated rings. The van der Waals surface area contributed by atoms with E-state index in [4.69, 9.17) is 0 Å². The van der Waals surface area contributed by atoms with Crippen LogP contribution in [0.5, 0.6) is 0 Å². The van der Waals surface area contributed by atoms with E-state index in [2.05, 4.69) is 20.5 Å². The average molecular weight is 254 g/mol. The quantitative estimate of drug-likeness (QED) is 0.489. The molecule has 0 aliphatic carbocycles. The monoisotopic (exact) mass is 254 g/mol. The number of carbonyl (C=O) groups excluding carboxylic acids is 2. The Bertz CT molecular complexity index is 378. The van der Waals surface area contributed by atoms with Crippen molar-refractivity contribution in [2.75, 3.05) is 20.2 Å². The Balaban J connectivity index is 2.28. The Morgan fingerprint density at radius 1 is 1.50 bits per heavy atom. The van der Waals surface area contributed by atoms with E-state index >= 15 is 0 Å². The summed E-state index contributed by atoms with van der Waals surface area (Å²) < 4.78 is 6.38. The van der Waals surface area contributed by atoms with Crippen molar-refractivity contribution in [2.45, 2.75) is 19.5 Å². The molecule has 1 amide bonds. The van der Waals surface area contributed by atoms with Gasteiger partial charge >= 0.3 is 5.97 Å². The second-order valence-electron chi connectivity index (χ2n) is 3.75. The summed E-state index contributed by atoms with van der Waals surface area (Å²) in [5.74, 6) is -0.726. The lowest BCUT2D eigenvalue weighted by atomic mass is 10.3. The van der Waals surface area contributed by atoms with Gasteiger partial charge in [-0.2, -0.15) is 5.10 Å².